The average Bonchev–Trinajstić information content (AvgIpc) is 3.36. The van der Waals surface area contributed by atoms with E-state index < -0.39 is 90.5 Å². The predicted molar refractivity (Wildman–Crippen MR) is 271 cm³/mol. The number of hydrogen-bond donors (Lipinski definition) is 4. The van der Waals surface area contributed by atoms with Crippen molar-refractivity contribution in [2.45, 2.75) is 186 Å². The van der Waals surface area contributed by atoms with Gasteiger partial charge in [0.2, 0.25) is 5.79 Å². The molecule has 406 valence electrons. The second kappa shape index (κ2) is 29.4. The molecular formula is C56H87NO15. The summed E-state index contributed by atoms with van der Waals surface area (Å²) in [6, 6.07) is -1.16. The summed E-state index contributed by atoms with van der Waals surface area (Å²) in [5.74, 6) is -8.14. The molecule has 2 bridgehead atoms. The fourth-order valence-electron chi connectivity index (χ4n) is 10.7. The van der Waals surface area contributed by atoms with Gasteiger partial charge in [-0.05, 0) is 107 Å². The first-order valence-corrected chi connectivity index (χ1v) is 26.2. The molecule has 1 unspecified atom stereocenters. The van der Waals surface area contributed by atoms with Gasteiger partial charge in [-0.15, -0.1) is 0 Å². The number of hydrogen-bond acceptors (Lipinski definition) is 15. The molecule has 3 heterocycles. The summed E-state index contributed by atoms with van der Waals surface area (Å²) >= 11 is 0. The van der Waals surface area contributed by atoms with Crippen LogP contribution in [0.3, 0.4) is 0 Å². The lowest BCUT2D eigenvalue weighted by Crippen LogP contribution is -2.61. The maximum Gasteiger partial charge on any atom is 0.329 e. The molecule has 3 aliphatic heterocycles. The largest absolute Gasteiger partial charge is 0.460 e. The van der Waals surface area contributed by atoms with Gasteiger partial charge in [-0.3, -0.25) is 19.2 Å². The van der Waals surface area contributed by atoms with Crippen LogP contribution >= 0.6 is 0 Å². The Morgan fingerprint density at radius 3 is 2.29 bits per heavy atom. The smallest absolute Gasteiger partial charge is 0.329 e. The third kappa shape index (κ3) is 16.9. The number of ether oxygens (including phenoxy) is 6. The zero-order chi connectivity index (χ0) is 53.3. The molecule has 4 aliphatic rings. The number of nitrogens with zero attached hydrogens (tertiary/aromatic N) is 1. The Hall–Kier alpha value is -3.71. The Morgan fingerprint density at radius 1 is 0.875 bits per heavy atom. The number of fused-ring (bicyclic) bond motifs is 3. The van der Waals surface area contributed by atoms with Crippen LogP contribution in [0.1, 0.15) is 126 Å². The molecule has 0 aromatic carbocycles. The number of methoxy groups -OCH3 is 3. The van der Waals surface area contributed by atoms with Gasteiger partial charge in [-0.2, -0.15) is 0 Å². The molecule has 16 atom stereocenters. The number of cyclic esters (lactones) is 1. The van der Waals surface area contributed by atoms with Crippen LogP contribution in [0.4, 0.5) is 0 Å². The number of ketones is 3. The minimum atomic E-state index is -2.45. The molecule has 3 fully saturated rings. The highest BCUT2D eigenvalue weighted by molar-refractivity contribution is 6.39. The Morgan fingerprint density at radius 2 is 1.61 bits per heavy atom. The van der Waals surface area contributed by atoms with Gasteiger partial charge >= 0.3 is 5.97 Å². The summed E-state index contributed by atoms with van der Waals surface area (Å²) in [7, 11) is 4.57. The highest BCUT2D eigenvalue weighted by Gasteiger charge is 2.53. The van der Waals surface area contributed by atoms with E-state index in [1.165, 1.54) is 18.1 Å². The van der Waals surface area contributed by atoms with Crippen LogP contribution in [0.25, 0.3) is 0 Å². The molecule has 1 saturated carbocycles. The topological polar surface area (TPSA) is 225 Å². The van der Waals surface area contributed by atoms with Crippen LogP contribution in [0.2, 0.25) is 0 Å². The van der Waals surface area contributed by atoms with Gasteiger partial charge < -0.3 is 53.7 Å². The molecule has 0 radical (unpaired) electrons. The van der Waals surface area contributed by atoms with E-state index in [4.69, 9.17) is 33.5 Å². The minimum Gasteiger partial charge on any atom is -0.460 e. The Balaban J connectivity index is 1.67. The van der Waals surface area contributed by atoms with Crippen LogP contribution in [0, 0.1) is 35.5 Å². The molecule has 0 aromatic heterocycles. The van der Waals surface area contributed by atoms with Crippen molar-refractivity contribution in [1.82, 2.24) is 4.90 Å². The zero-order valence-corrected chi connectivity index (χ0v) is 44.6. The number of esters is 1. The zero-order valence-electron chi connectivity index (χ0n) is 44.6. The van der Waals surface area contributed by atoms with E-state index >= 15 is 0 Å². The summed E-state index contributed by atoms with van der Waals surface area (Å²) in [4.78, 5) is 72.4. The highest BCUT2D eigenvalue weighted by Crippen LogP contribution is 2.38. The number of Topliss-reactive ketones (excluding diaryl/α,β-unsaturated/α-hetero) is 3. The Labute approximate surface area is 428 Å². The van der Waals surface area contributed by atoms with Crippen molar-refractivity contribution in [3.05, 3.63) is 59.8 Å². The van der Waals surface area contributed by atoms with Gasteiger partial charge in [0.05, 0.1) is 43.7 Å². The second-order valence-corrected chi connectivity index (χ2v) is 21.1. The Bertz CT molecular complexity index is 1940. The van der Waals surface area contributed by atoms with E-state index in [1.54, 1.807) is 47.1 Å². The lowest BCUT2D eigenvalue weighted by atomic mass is 9.78. The predicted octanol–water partition coefficient (Wildman–Crippen LogP) is 6.11. The number of aliphatic hydroxyl groups excluding tert-OH is 3. The van der Waals surface area contributed by atoms with Crippen molar-refractivity contribution >= 4 is 29.2 Å². The minimum absolute atomic E-state index is 0.00707. The highest BCUT2D eigenvalue weighted by atomic mass is 16.6. The quantitative estimate of drug-likeness (QED) is 0.104. The summed E-state index contributed by atoms with van der Waals surface area (Å²) < 4.78 is 35.9. The van der Waals surface area contributed by atoms with Gasteiger partial charge in [-0.1, -0.05) is 83.2 Å². The first-order chi connectivity index (χ1) is 34.2. The van der Waals surface area contributed by atoms with Crippen molar-refractivity contribution in [3.8, 4) is 0 Å². The van der Waals surface area contributed by atoms with Crippen molar-refractivity contribution in [2.75, 3.05) is 41.1 Å². The van der Waals surface area contributed by atoms with E-state index in [2.05, 4.69) is 0 Å². The van der Waals surface area contributed by atoms with E-state index in [-0.39, 0.29) is 67.5 Å². The molecule has 2 saturated heterocycles. The maximum absolute atomic E-state index is 14.5. The van der Waals surface area contributed by atoms with Crippen LogP contribution < -0.4 is 0 Å². The lowest BCUT2D eigenvalue weighted by Gasteiger charge is -2.42. The van der Waals surface area contributed by atoms with Gasteiger partial charge in [0, 0.05) is 58.5 Å². The number of carbonyl (C=O) groups is 5. The standard InChI is InChI=1S/C56H87NO15/c1-34-17-12-11-13-18-35(2)47(67-8)31-43-23-21-40(7)56(66,72-43)53(63)54(64)57-25-15-14-20-44(57)55(65)71-48(32-45(60)36(3)28-39(6)51(62)52(69-10)50(61)38(5)27-34)37(4)29-41-22-24-46(49(30-41)68-9)70-26-16-19-42(59)33-58/h11-13,16-19,28,34,36-38,40-44,46-49,51-52,58-59,62,66H,14-15,20-27,29-33H2,1-10H3/b13-11+,17-12+,19-16+,35-18+,39-28+/t34-,36-,37-,38-,40-,41-,42?,43+,44+,46-,47+,48+,49-,51-,52+,56-/m1/s1. The number of amides is 1. The average molecular weight is 1010 g/mol. The van der Waals surface area contributed by atoms with Crippen LogP contribution in [0.15, 0.2) is 59.8 Å². The van der Waals surface area contributed by atoms with Crippen LogP contribution in [-0.2, 0) is 52.4 Å². The van der Waals surface area contributed by atoms with Crippen molar-refractivity contribution in [2.24, 2.45) is 35.5 Å². The first kappa shape index (κ1) is 60.8. The molecule has 4 rings (SSSR count). The molecule has 16 nitrogen and oxygen atoms in total. The van der Waals surface area contributed by atoms with Gasteiger partial charge in [0.15, 0.2) is 5.78 Å². The number of piperidine rings is 1. The summed E-state index contributed by atoms with van der Waals surface area (Å²) in [6.07, 6.45) is 13.8. The number of aliphatic hydroxyl groups is 4. The third-order valence-corrected chi connectivity index (χ3v) is 15.4. The first-order valence-electron chi connectivity index (χ1n) is 26.2. The summed E-state index contributed by atoms with van der Waals surface area (Å²) in [5.41, 5.74) is 1.25. The van der Waals surface area contributed by atoms with Gasteiger partial charge in [0.25, 0.3) is 11.7 Å². The SMILES string of the molecule is CO[C@H]1C[C@@H]2CC[C@@H](C)[C@@](O)(O2)C(=O)C(=O)N2CCCC[C@H]2C(=O)O[C@H]([C@H](C)C[C@H]2CC[C@@H](OC/C=C/C(O)CO)[C@H](OC)C2)CC(=O)[C@H](C)/C=C(\C)[C@@H](O)[C@@H](OC)C(=O)[C@H](C)C[C@H](C)/C=C/C=C/C=C/1C. The molecule has 1 amide bonds. The normalized spacial score (nSPS) is 38.2. The molecular weight excluding hydrogens is 927 g/mol. The lowest BCUT2D eigenvalue weighted by molar-refractivity contribution is -0.265. The summed E-state index contributed by atoms with van der Waals surface area (Å²) in [6.45, 7) is 12.6. The van der Waals surface area contributed by atoms with E-state index in [9.17, 15) is 39.3 Å². The maximum atomic E-state index is 14.5. The number of rotatable bonds is 11. The van der Waals surface area contributed by atoms with Crippen molar-refractivity contribution in [1.29, 1.82) is 0 Å². The van der Waals surface area contributed by atoms with E-state index in [0.29, 0.717) is 63.4 Å². The van der Waals surface area contributed by atoms with Crippen LogP contribution in [0.5, 0.6) is 0 Å². The molecule has 1 aliphatic carbocycles. The Kier molecular flexibility index (Phi) is 24.8. The van der Waals surface area contributed by atoms with Gasteiger partial charge in [-0.25, -0.2) is 4.79 Å². The monoisotopic (exact) mass is 1010 g/mol. The van der Waals surface area contributed by atoms with Crippen LogP contribution in [-0.4, -0.2) is 156 Å². The number of carbonyl (C=O) groups excluding carboxylic acids is 5. The molecule has 16 heteroatoms. The molecule has 0 spiro atoms. The van der Waals surface area contributed by atoms with Crippen molar-refractivity contribution < 1.29 is 72.8 Å². The van der Waals surface area contributed by atoms with E-state index in [0.717, 1.165) is 12.0 Å². The molecule has 0 aromatic rings. The third-order valence-electron chi connectivity index (χ3n) is 15.4. The number of allylic oxidation sites excluding steroid dienone is 6. The van der Waals surface area contributed by atoms with Crippen molar-refractivity contribution in [3.63, 3.8) is 0 Å². The molecule has 4 N–H and O–H groups in total. The van der Waals surface area contributed by atoms with E-state index in [1.807, 2.05) is 58.1 Å². The fraction of sp³-hybridized carbons (Fsp3) is 0.732. The van der Waals surface area contributed by atoms with Gasteiger partial charge in [0.1, 0.15) is 30.1 Å². The summed E-state index contributed by atoms with van der Waals surface area (Å²) in [5, 5.41) is 42.3. The molecule has 72 heavy (non-hydrogen) atoms. The fourth-order valence-corrected chi connectivity index (χ4v) is 10.7. The second-order valence-electron chi connectivity index (χ2n) is 21.1.